The van der Waals surface area contributed by atoms with Gasteiger partial charge in [-0.25, -0.2) is 0 Å². The van der Waals surface area contributed by atoms with Crippen molar-refractivity contribution in [3.63, 3.8) is 0 Å². The highest BCUT2D eigenvalue weighted by Gasteiger charge is 2.18. The van der Waals surface area contributed by atoms with Gasteiger partial charge in [0.15, 0.2) is 0 Å². The number of nitrogens with one attached hydrogen (secondary N) is 1. The van der Waals surface area contributed by atoms with E-state index in [2.05, 4.69) is 10.1 Å². The number of hydrogen-bond acceptors (Lipinski definition) is 4. The van der Waals surface area contributed by atoms with Crippen LogP contribution >= 0.6 is 0 Å². The molecule has 1 aliphatic rings. The summed E-state index contributed by atoms with van der Waals surface area (Å²) in [6.07, 6.45) is 10.1. The molecule has 1 saturated heterocycles. The Balaban J connectivity index is 2.08. The molecule has 0 amide bonds. The number of rotatable bonds is 7. The normalized spacial score (nSPS) is 24.6. The van der Waals surface area contributed by atoms with Crippen molar-refractivity contribution >= 4 is 5.97 Å². The predicted octanol–water partition coefficient (Wildman–Crippen LogP) is 2.61. The number of hydrogen-bond donors (Lipinski definition) is 1. The van der Waals surface area contributed by atoms with Gasteiger partial charge in [-0.15, -0.1) is 0 Å². The standard InChI is InChI=1S/C14H27NO3/c1-17-13-10-7-6-9-12(15-13)8-4-3-5-11-14(16)18-2/h12-13,15H,3-11H2,1-2H3. The van der Waals surface area contributed by atoms with E-state index in [-0.39, 0.29) is 12.2 Å². The molecule has 2 unspecified atom stereocenters. The van der Waals surface area contributed by atoms with E-state index in [9.17, 15) is 4.79 Å². The van der Waals surface area contributed by atoms with Crippen LogP contribution in [0.5, 0.6) is 0 Å². The summed E-state index contributed by atoms with van der Waals surface area (Å²) in [7, 11) is 3.22. The summed E-state index contributed by atoms with van der Waals surface area (Å²) >= 11 is 0. The van der Waals surface area contributed by atoms with Crippen molar-refractivity contribution in [1.82, 2.24) is 5.32 Å². The van der Waals surface area contributed by atoms with E-state index in [1.165, 1.54) is 39.2 Å². The lowest BCUT2D eigenvalue weighted by molar-refractivity contribution is -0.140. The fourth-order valence-electron chi connectivity index (χ4n) is 2.50. The third kappa shape index (κ3) is 6.36. The highest BCUT2D eigenvalue weighted by Crippen LogP contribution is 2.17. The smallest absolute Gasteiger partial charge is 0.305 e. The molecule has 4 nitrogen and oxygen atoms in total. The van der Waals surface area contributed by atoms with Crippen LogP contribution in [0.3, 0.4) is 0 Å². The average Bonchev–Trinajstić information content (AvgIpc) is 2.63. The lowest BCUT2D eigenvalue weighted by Crippen LogP contribution is -2.37. The molecule has 4 heteroatoms. The van der Waals surface area contributed by atoms with E-state index in [1.807, 2.05) is 0 Å². The first-order chi connectivity index (χ1) is 8.76. The van der Waals surface area contributed by atoms with Crippen molar-refractivity contribution in [2.45, 2.75) is 70.1 Å². The van der Waals surface area contributed by atoms with Gasteiger partial charge in [-0.2, -0.15) is 0 Å². The van der Waals surface area contributed by atoms with Crippen LogP contribution in [-0.4, -0.2) is 32.5 Å². The molecule has 1 rings (SSSR count). The third-order valence-electron chi connectivity index (χ3n) is 3.64. The topological polar surface area (TPSA) is 47.6 Å². The largest absolute Gasteiger partial charge is 0.469 e. The Labute approximate surface area is 110 Å². The second-order valence-corrected chi connectivity index (χ2v) is 5.05. The molecule has 18 heavy (non-hydrogen) atoms. The molecule has 2 atom stereocenters. The molecule has 1 N–H and O–H groups in total. The van der Waals surface area contributed by atoms with Gasteiger partial charge in [-0.3, -0.25) is 10.1 Å². The summed E-state index contributed by atoms with van der Waals surface area (Å²) in [4.78, 5) is 11.0. The Bertz CT molecular complexity index is 233. The zero-order chi connectivity index (χ0) is 13.2. The van der Waals surface area contributed by atoms with E-state index in [0.29, 0.717) is 12.5 Å². The van der Waals surface area contributed by atoms with Gasteiger partial charge >= 0.3 is 5.97 Å². The van der Waals surface area contributed by atoms with Gasteiger partial charge in [0, 0.05) is 19.6 Å². The SMILES string of the molecule is COC(=O)CCCCCC1CCCCC(OC)N1. The molecule has 0 spiro atoms. The summed E-state index contributed by atoms with van der Waals surface area (Å²) in [6.45, 7) is 0. The first-order valence-electron chi connectivity index (χ1n) is 7.12. The van der Waals surface area contributed by atoms with Crippen LogP contribution in [0.25, 0.3) is 0 Å². The molecule has 0 aromatic carbocycles. The second kappa shape index (κ2) is 9.34. The lowest BCUT2D eigenvalue weighted by Gasteiger charge is -2.21. The van der Waals surface area contributed by atoms with Crippen LogP contribution in [-0.2, 0) is 14.3 Å². The Hall–Kier alpha value is -0.610. The summed E-state index contributed by atoms with van der Waals surface area (Å²) < 4.78 is 10.0. The predicted molar refractivity (Wildman–Crippen MR) is 71.3 cm³/mol. The van der Waals surface area contributed by atoms with Crippen LogP contribution < -0.4 is 5.32 Å². The Kier molecular flexibility index (Phi) is 8.01. The molecule has 0 aromatic heterocycles. The molecular weight excluding hydrogens is 230 g/mol. The van der Waals surface area contributed by atoms with Gasteiger partial charge in [-0.05, 0) is 32.1 Å². The average molecular weight is 257 g/mol. The zero-order valence-corrected chi connectivity index (χ0v) is 11.7. The van der Waals surface area contributed by atoms with Crippen molar-refractivity contribution < 1.29 is 14.3 Å². The first-order valence-corrected chi connectivity index (χ1v) is 7.12. The number of carbonyl (C=O) groups excluding carboxylic acids is 1. The van der Waals surface area contributed by atoms with E-state index in [1.54, 1.807) is 7.11 Å². The van der Waals surface area contributed by atoms with E-state index < -0.39 is 0 Å². The van der Waals surface area contributed by atoms with E-state index in [4.69, 9.17) is 4.74 Å². The maximum atomic E-state index is 11.0. The number of esters is 1. The molecular formula is C14H27NO3. The highest BCUT2D eigenvalue weighted by molar-refractivity contribution is 5.68. The summed E-state index contributed by atoms with van der Waals surface area (Å²) in [5, 5.41) is 3.56. The summed E-state index contributed by atoms with van der Waals surface area (Å²) in [5.74, 6) is -0.0953. The molecule has 0 saturated carbocycles. The quantitative estimate of drug-likeness (QED) is 0.562. The van der Waals surface area contributed by atoms with E-state index >= 15 is 0 Å². The second-order valence-electron chi connectivity index (χ2n) is 5.05. The minimum atomic E-state index is -0.0953. The number of ether oxygens (including phenoxy) is 2. The number of carbonyl (C=O) groups is 1. The van der Waals surface area contributed by atoms with Gasteiger partial charge in [0.25, 0.3) is 0 Å². The van der Waals surface area contributed by atoms with Gasteiger partial charge in [0.1, 0.15) is 6.23 Å². The number of unbranched alkanes of at least 4 members (excludes halogenated alkanes) is 2. The molecule has 0 radical (unpaired) electrons. The minimum absolute atomic E-state index is 0.0953. The van der Waals surface area contributed by atoms with Crippen molar-refractivity contribution in [1.29, 1.82) is 0 Å². The molecule has 1 heterocycles. The molecule has 106 valence electrons. The van der Waals surface area contributed by atoms with Crippen LogP contribution in [0, 0.1) is 0 Å². The van der Waals surface area contributed by atoms with Gasteiger partial charge in [0.2, 0.25) is 0 Å². The van der Waals surface area contributed by atoms with E-state index in [0.717, 1.165) is 19.3 Å². The van der Waals surface area contributed by atoms with Gasteiger partial charge in [-0.1, -0.05) is 19.3 Å². The van der Waals surface area contributed by atoms with Gasteiger partial charge < -0.3 is 9.47 Å². The van der Waals surface area contributed by atoms with Crippen LogP contribution in [0.4, 0.5) is 0 Å². The minimum Gasteiger partial charge on any atom is -0.469 e. The van der Waals surface area contributed by atoms with Crippen LogP contribution in [0.2, 0.25) is 0 Å². The fraction of sp³-hybridized carbons (Fsp3) is 0.929. The van der Waals surface area contributed by atoms with Gasteiger partial charge in [0.05, 0.1) is 7.11 Å². The molecule has 0 aliphatic carbocycles. The molecule has 0 aromatic rings. The Morgan fingerprint density at radius 2 is 1.94 bits per heavy atom. The maximum absolute atomic E-state index is 11.0. The lowest BCUT2D eigenvalue weighted by atomic mass is 10.0. The zero-order valence-electron chi connectivity index (χ0n) is 11.7. The van der Waals surface area contributed by atoms with Crippen molar-refractivity contribution in [3.05, 3.63) is 0 Å². The Morgan fingerprint density at radius 3 is 2.67 bits per heavy atom. The van der Waals surface area contributed by atoms with Crippen LogP contribution in [0.1, 0.15) is 57.8 Å². The molecule has 1 fully saturated rings. The maximum Gasteiger partial charge on any atom is 0.305 e. The molecule has 0 bridgehead atoms. The molecule has 1 aliphatic heterocycles. The summed E-state index contributed by atoms with van der Waals surface area (Å²) in [6, 6.07) is 0.579. The summed E-state index contributed by atoms with van der Waals surface area (Å²) in [5.41, 5.74) is 0. The van der Waals surface area contributed by atoms with Crippen molar-refractivity contribution in [2.75, 3.05) is 14.2 Å². The third-order valence-corrected chi connectivity index (χ3v) is 3.64. The first kappa shape index (κ1) is 15.4. The van der Waals surface area contributed by atoms with Crippen LogP contribution in [0.15, 0.2) is 0 Å². The van der Waals surface area contributed by atoms with Crippen molar-refractivity contribution in [2.24, 2.45) is 0 Å². The number of methoxy groups -OCH3 is 2. The Morgan fingerprint density at radius 1 is 1.17 bits per heavy atom. The highest BCUT2D eigenvalue weighted by atomic mass is 16.5. The fourth-order valence-corrected chi connectivity index (χ4v) is 2.50. The van der Waals surface area contributed by atoms with Crippen molar-refractivity contribution in [3.8, 4) is 0 Å². The monoisotopic (exact) mass is 257 g/mol.